The van der Waals surface area contributed by atoms with Gasteiger partial charge in [-0.3, -0.25) is 0 Å². The number of benzene rings is 4. The topological polar surface area (TPSA) is 33.3 Å². The fourth-order valence-electron chi connectivity index (χ4n) is 4.34. The fourth-order valence-corrected chi connectivity index (χ4v) is 4.34. The van der Waals surface area contributed by atoms with E-state index in [2.05, 4.69) is 97.3 Å². The minimum atomic E-state index is 0.888. The molecule has 0 spiro atoms. The van der Waals surface area contributed by atoms with Crippen molar-refractivity contribution in [2.75, 3.05) is 23.7 Å². The molecule has 0 atom stereocenters. The smallest absolute Gasteiger partial charge is 0.135 e. The molecule has 0 amide bonds. The van der Waals surface area contributed by atoms with Crippen molar-refractivity contribution in [1.29, 1.82) is 0 Å². The van der Waals surface area contributed by atoms with Crippen LogP contribution >= 0.6 is 0 Å². The van der Waals surface area contributed by atoms with Crippen molar-refractivity contribution in [2.45, 2.75) is 52.4 Å². The van der Waals surface area contributed by atoms with Gasteiger partial charge in [-0.2, -0.15) is 0 Å². The third kappa shape index (κ3) is 5.60. The van der Waals surface area contributed by atoms with Crippen molar-refractivity contribution >= 4 is 32.9 Å². The van der Waals surface area contributed by atoms with Gasteiger partial charge in [0.05, 0.1) is 0 Å². The molecule has 3 heteroatoms. The van der Waals surface area contributed by atoms with Gasteiger partial charge in [-0.25, -0.2) is 0 Å². The van der Waals surface area contributed by atoms with Gasteiger partial charge < -0.3 is 15.4 Å². The number of unbranched alkanes of at least 4 members (excludes halogenated alkanes) is 4. The SMILES string of the molecule is CCCCCNc1ccc(Oc2ccc(NCCCCC)c3ccccc23)c2ccccc12. The maximum absolute atomic E-state index is 6.55. The van der Waals surface area contributed by atoms with Crippen LogP contribution in [0.3, 0.4) is 0 Å². The summed E-state index contributed by atoms with van der Waals surface area (Å²) in [6.07, 6.45) is 7.35. The van der Waals surface area contributed by atoms with Gasteiger partial charge in [0.2, 0.25) is 0 Å². The number of hydrogen-bond acceptors (Lipinski definition) is 3. The highest BCUT2D eigenvalue weighted by Gasteiger charge is 2.11. The van der Waals surface area contributed by atoms with Crippen molar-refractivity contribution in [2.24, 2.45) is 0 Å². The first kappa shape index (κ1) is 23.0. The first-order chi connectivity index (χ1) is 16.3. The van der Waals surface area contributed by atoms with Crippen LogP contribution in [0, 0.1) is 0 Å². The average molecular weight is 441 g/mol. The second-order valence-corrected chi connectivity index (χ2v) is 8.68. The first-order valence-electron chi connectivity index (χ1n) is 12.5. The molecule has 0 heterocycles. The van der Waals surface area contributed by atoms with Crippen molar-refractivity contribution < 1.29 is 4.74 Å². The van der Waals surface area contributed by atoms with Crippen LogP contribution in [0.1, 0.15) is 52.4 Å². The highest BCUT2D eigenvalue weighted by Crippen LogP contribution is 2.38. The molecule has 0 bridgehead atoms. The Labute approximate surface area is 198 Å². The molecule has 0 aliphatic carbocycles. The summed E-state index contributed by atoms with van der Waals surface area (Å²) in [7, 11) is 0. The van der Waals surface area contributed by atoms with Gasteiger partial charge in [0.15, 0.2) is 0 Å². The van der Waals surface area contributed by atoms with E-state index in [0.717, 1.165) is 35.4 Å². The Balaban J connectivity index is 1.61. The predicted octanol–water partition coefficient (Wildman–Crippen LogP) is 8.99. The molecule has 2 N–H and O–H groups in total. The average Bonchev–Trinajstić information content (AvgIpc) is 2.86. The van der Waals surface area contributed by atoms with E-state index in [1.807, 2.05) is 0 Å². The number of hydrogen-bond donors (Lipinski definition) is 2. The van der Waals surface area contributed by atoms with Crippen LogP contribution in [-0.2, 0) is 0 Å². The van der Waals surface area contributed by atoms with Crippen LogP contribution in [0.2, 0.25) is 0 Å². The van der Waals surface area contributed by atoms with Crippen molar-refractivity contribution in [3.8, 4) is 11.5 Å². The molecule has 0 radical (unpaired) electrons. The summed E-state index contributed by atoms with van der Waals surface area (Å²) in [5.41, 5.74) is 2.34. The fraction of sp³-hybridized carbons (Fsp3) is 0.333. The zero-order valence-corrected chi connectivity index (χ0v) is 20.0. The van der Waals surface area contributed by atoms with E-state index in [1.165, 1.54) is 60.7 Å². The van der Waals surface area contributed by atoms with E-state index in [-0.39, 0.29) is 0 Å². The molecule has 3 nitrogen and oxygen atoms in total. The third-order valence-corrected chi connectivity index (χ3v) is 6.18. The first-order valence-corrected chi connectivity index (χ1v) is 12.5. The number of fused-ring (bicyclic) bond motifs is 2. The Hall–Kier alpha value is -3.20. The lowest BCUT2D eigenvalue weighted by molar-refractivity contribution is 0.494. The molecule has 0 saturated heterocycles. The highest BCUT2D eigenvalue weighted by atomic mass is 16.5. The van der Waals surface area contributed by atoms with E-state index in [9.17, 15) is 0 Å². The second-order valence-electron chi connectivity index (χ2n) is 8.68. The van der Waals surface area contributed by atoms with Crippen LogP contribution in [0.4, 0.5) is 11.4 Å². The molecule has 0 unspecified atom stereocenters. The van der Waals surface area contributed by atoms with Crippen LogP contribution in [0.15, 0.2) is 72.8 Å². The highest BCUT2D eigenvalue weighted by molar-refractivity contribution is 6.00. The maximum atomic E-state index is 6.55. The second kappa shape index (κ2) is 11.6. The molecule has 33 heavy (non-hydrogen) atoms. The largest absolute Gasteiger partial charge is 0.456 e. The molecule has 0 saturated carbocycles. The summed E-state index contributed by atoms with van der Waals surface area (Å²) in [5, 5.41) is 11.9. The number of ether oxygens (including phenoxy) is 1. The van der Waals surface area contributed by atoms with Gasteiger partial charge in [0.25, 0.3) is 0 Å². The van der Waals surface area contributed by atoms with E-state index in [0.29, 0.717) is 0 Å². The van der Waals surface area contributed by atoms with Crippen LogP contribution in [0.25, 0.3) is 21.5 Å². The summed E-state index contributed by atoms with van der Waals surface area (Å²) in [6.45, 7) is 6.46. The van der Waals surface area contributed by atoms with Crippen molar-refractivity contribution in [1.82, 2.24) is 0 Å². The molecule has 172 valence electrons. The van der Waals surface area contributed by atoms with E-state index < -0.39 is 0 Å². The van der Waals surface area contributed by atoms with Gasteiger partial charge in [-0.1, -0.05) is 88.1 Å². The zero-order chi connectivity index (χ0) is 22.9. The summed E-state index contributed by atoms with van der Waals surface area (Å²) in [4.78, 5) is 0. The maximum Gasteiger partial charge on any atom is 0.135 e. The lowest BCUT2D eigenvalue weighted by Gasteiger charge is -2.16. The van der Waals surface area contributed by atoms with Gasteiger partial charge >= 0.3 is 0 Å². The molecular formula is C30H36N2O. The Morgan fingerprint density at radius 2 is 0.939 bits per heavy atom. The summed E-state index contributed by atoms with van der Waals surface area (Å²) >= 11 is 0. The molecule has 4 aromatic rings. The lowest BCUT2D eigenvalue weighted by atomic mass is 10.1. The Kier molecular flexibility index (Phi) is 8.08. The van der Waals surface area contributed by atoms with E-state index in [4.69, 9.17) is 4.74 Å². The molecule has 0 aliphatic rings. The zero-order valence-electron chi connectivity index (χ0n) is 20.0. The number of anilines is 2. The molecule has 4 rings (SSSR count). The Bertz CT molecular complexity index is 1090. The van der Waals surface area contributed by atoms with Gasteiger partial charge in [0, 0.05) is 46.0 Å². The van der Waals surface area contributed by atoms with Crippen molar-refractivity contribution in [3.05, 3.63) is 72.8 Å². The summed E-state index contributed by atoms with van der Waals surface area (Å²) in [5.74, 6) is 1.78. The molecular weight excluding hydrogens is 404 g/mol. The molecule has 0 aliphatic heterocycles. The Morgan fingerprint density at radius 3 is 1.36 bits per heavy atom. The normalized spacial score (nSPS) is 11.1. The molecule has 0 aromatic heterocycles. The number of nitrogens with one attached hydrogen (secondary N) is 2. The van der Waals surface area contributed by atoms with Gasteiger partial charge in [-0.15, -0.1) is 0 Å². The number of rotatable bonds is 12. The van der Waals surface area contributed by atoms with Crippen molar-refractivity contribution in [3.63, 3.8) is 0 Å². The third-order valence-electron chi connectivity index (χ3n) is 6.18. The van der Waals surface area contributed by atoms with Crippen LogP contribution in [0.5, 0.6) is 11.5 Å². The standard InChI is InChI=1S/C30H36N2O/c1-3-5-11-21-31-27-17-19-29(25-15-9-7-13-23(25)27)33-30-20-18-28(32-22-12-6-4-2)24-14-8-10-16-26(24)30/h7-10,13-20,31-32H,3-6,11-12,21-22H2,1-2H3. The van der Waals surface area contributed by atoms with E-state index in [1.54, 1.807) is 0 Å². The van der Waals surface area contributed by atoms with Crippen LogP contribution < -0.4 is 15.4 Å². The minimum absolute atomic E-state index is 0.888. The monoisotopic (exact) mass is 440 g/mol. The Morgan fingerprint density at radius 1 is 0.515 bits per heavy atom. The van der Waals surface area contributed by atoms with E-state index >= 15 is 0 Å². The van der Waals surface area contributed by atoms with Gasteiger partial charge in [0.1, 0.15) is 11.5 Å². The summed E-state index contributed by atoms with van der Waals surface area (Å²) < 4.78 is 6.55. The predicted molar refractivity (Wildman–Crippen MR) is 144 cm³/mol. The molecule has 4 aromatic carbocycles. The van der Waals surface area contributed by atoms with Gasteiger partial charge in [-0.05, 0) is 37.1 Å². The lowest BCUT2D eigenvalue weighted by Crippen LogP contribution is -2.02. The van der Waals surface area contributed by atoms with Crippen LogP contribution in [-0.4, -0.2) is 13.1 Å². The quantitative estimate of drug-likeness (QED) is 0.216. The molecule has 0 fully saturated rings. The minimum Gasteiger partial charge on any atom is -0.456 e. The summed E-state index contributed by atoms with van der Waals surface area (Å²) in [6, 6.07) is 25.5.